The van der Waals surface area contributed by atoms with Gasteiger partial charge in [0.1, 0.15) is 12.4 Å². The Labute approximate surface area is 214 Å². The fourth-order valence-electron chi connectivity index (χ4n) is 5.79. The monoisotopic (exact) mass is 495 g/mol. The van der Waals surface area contributed by atoms with Crippen molar-refractivity contribution < 1.29 is 9.18 Å². The molecular formula is C30H42FN3O2. The van der Waals surface area contributed by atoms with Gasteiger partial charge in [-0.05, 0) is 79.7 Å². The average molecular weight is 496 g/mol. The highest BCUT2D eigenvalue weighted by atomic mass is 19.1. The molecule has 4 rings (SSSR count). The fourth-order valence-corrected chi connectivity index (χ4v) is 5.79. The summed E-state index contributed by atoms with van der Waals surface area (Å²) in [7, 11) is 1.58. The van der Waals surface area contributed by atoms with Crippen molar-refractivity contribution in [1.82, 2.24) is 14.5 Å². The van der Waals surface area contributed by atoms with Crippen LogP contribution in [0.15, 0.2) is 47.3 Å². The summed E-state index contributed by atoms with van der Waals surface area (Å²) in [6.45, 7) is 8.38. The van der Waals surface area contributed by atoms with Crippen molar-refractivity contribution in [3.63, 3.8) is 0 Å². The maximum absolute atomic E-state index is 14.7. The van der Waals surface area contributed by atoms with Crippen LogP contribution in [0.5, 0.6) is 0 Å². The number of hydrogen-bond donors (Lipinski definition) is 1. The second kappa shape index (κ2) is 12.9. The standard InChI is InChI=1S/C28H36FN3O2.C2H6/c1-4-9-21(17-16-19(2)22-12-7-10-20-11-8-13-23(29)27(20)22)32-25-15-6-5-14-24(25)31(28(32)34)18-26(33)30-3;1-2/h5-6,8,11,13-15,19,21-22H,4,7,9-10,12,16-18H2,1-3H3,(H,30,33);1-2H3. The molecule has 1 heterocycles. The molecule has 0 fully saturated rings. The number of fused-ring (bicyclic) bond motifs is 2. The minimum Gasteiger partial charge on any atom is -0.358 e. The lowest BCUT2D eigenvalue weighted by atomic mass is 9.74. The van der Waals surface area contributed by atoms with E-state index < -0.39 is 0 Å². The van der Waals surface area contributed by atoms with Gasteiger partial charge < -0.3 is 5.32 Å². The van der Waals surface area contributed by atoms with Gasteiger partial charge in [-0.2, -0.15) is 0 Å². The highest BCUT2D eigenvalue weighted by Crippen LogP contribution is 2.41. The first-order chi connectivity index (χ1) is 17.5. The van der Waals surface area contributed by atoms with Crippen LogP contribution in [0.2, 0.25) is 0 Å². The molecule has 1 aliphatic carbocycles. The minimum absolute atomic E-state index is 0.0101. The van der Waals surface area contributed by atoms with Crippen LogP contribution < -0.4 is 11.0 Å². The summed E-state index contributed by atoms with van der Waals surface area (Å²) in [4.78, 5) is 25.6. The minimum atomic E-state index is -0.191. The second-order valence-electron chi connectivity index (χ2n) is 9.71. The molecule has 0 spiro atoms. The summed E-state index contributed by atoms with van der Waals surface area (Å²) in [5.41, 5.74) is 3.59. The Bertz CT molecular complexity index is 1210. The van der Waals surface area contributed by atoms with E-state index in [4.69, 9.17) is 0 Å². The van der Waals surface area contributed by atoms with E-state index in [9.17, 15) is 14.0 Å². The third-order valence-electron chi connectivity index (χ3n) is 7.55. The highest BCUT2D eigenvalue weighted by molar-refractivity contribution is 5.80. The van der Waals surface area contributed by atoms with Gasteiger partial charge >= 0.3 is 5.69 Å². The topological polar surface area (TPSA) is 56.0 Å². The summed E-state index contributed by atoms with van der Waals surface area (Å²) in [5.74, 6) is 0.278. The molecule has 1 aromatic heterocycles. The van der Waals surface area contributed by atoms with Crippen molar-refractivity contribution in [1.29, 1.82) is 0 Å². The molecule has 3 aromatic rings. The number of para-hydroxylation sites is 2. The van der Waals surface area contributed by atoms with Gasteiger partial charge in [-0.1, -0.05) is 58.4 Å². The molecule has 3 unspecified atom stereocenters. The van der Waals surface area contributed by atoms with Crippen LogP contribution in [0.25, 0.3) is 11.0 Å². The van der Waals surface area contributed by atoms with Gasteiger partial charge in [0.15, 0.2) is 0 Å². The van der Waals surface area contributed by atoms with Gasteiger partial charge in [0, 0.05) is 13.1 Å². The molecule has 1 amide bonds. The number of benzene rings is 2. The van der Waals surface area contributed by atoms with E-state index in [2.05, 4.69) is 25.2 Å². The zero-order valence-electron chi connectivity index (χ0n) is 22.5. The molecule has 6 heteroatoms. The van der Waals surface area contributed by atoms with Gasteiger partial charge in [0.05, 0.1) is 11.0 Å². The summed E-state index contributed by atoms with van der Waals surface area (Å²) in [5, 5.41) is 2.62. The third kappa shape index (κ3) is 5.74. The van der Waals surface area contributed by atoms with Crippen molar-refractivity contribution in [2.75, 3.05) is 7.05 Å². The number of nitrogens with zero attached hydrogens (tertiary/aromatic N) is 2. The van der Waals surface area contributed by atoms with Crippen LogP contribution in [0, 0.1) is 11.7 Å². The zero-order valence-corrected chi connectivity index (χ0v) is 22.5. The highest BCUT2D eigenvalue weighted by Gasteiger charge is 2.29. The summed E-state index contributed by atoms with van der Waals surface area (Å²) in [6, 6.07) is 13.2. The Kier molecular flexibility index (Phi) is 9.91. The smallest absolute Gasteiger partial charge is 0.329 e. The Morgan fingerprint density at radius 1 is 1.08 bits per heavy atom. The van der Waals surface area contributed by atoms with Crippen LogP contribution in [-0.4, -0.2) is 22.1 Å². The van der Waals surface area contributed by atoms with Gasteiger partial charge in [0.25, 0.3) is 0 Å². The quantitative estimate of drug-likeness (QED) is 0.364. The predicted octanol–water partition coefficient (Wildman–Crippen LogP) is 6.59. The maximum Gasteiger partial charge on any atom is 0.329 e. The largest absolute Gasteiger partial charge is 0.358 e. The predicted molar refractivity (Wildman–Crippen MR) is 146 cm³/mol. The van der Waals surface area contributed by atoms with E-state index in [0.29, 0.717) is 5.92 Å². The second-order valence-corrected chi connectivity index (χ2v) is 9.71. The number of amides is 1. The fraction of sp³-hybridized carbons (Fsp3) is 0.533. The van der Waals surface area contributed by atoms with Crippen LogP contribution >= 0.6 is 0 Å². The molecule has 3 atom stereocenters. The first-order valence-corrected chi connectivity index (χ1v) is 13.6. The molecule has 0 saturated heterocycles. The summed E-state index contributed by atoms with van der Waals surface area (Å²) >= 11 is 0. The number of nitrogens with one attached hydrogen (secondary N) is 1. The first-order valence-electron chi connectivity index (χ1n) is 13.6. The van der Waals surface area contributed by atoms with Crippen LogP contribution in [0.4, 0.5) is 4.39 Å². The Hall–Kier alpha value is -2.89. The Morgan fingerprint density at radius 3 is 2.50 bits per heavy atom. The first kappa shape index (κ1) is 27.7. The van der Waals surface area contributed by atoms with E-state index in [1.54, 1.807) is 17.7 Å². The van der Waals surface area contributed by atoms with Crippen molar-refractivity contribution in [3.8, 4) is 0 Å². The number of rotatable bonds is 9. The molecule has 1 aliphatic rings. The number of imidazole rings is 1. The number of aromatic nitrogens is 2. The van der Waals surface area contributed by atoms with Gasteiger partial charge in [-0.25, -0.2) is 9.18 Å². The summed E-state index contributed by atoms with van der Waals surface area (Å²) < 4.78 is 18.2. The molecule has 0 radical (unpaired) electrons. The van der Waals surface area contributed by atoms with E-state index in [-0.39, 0.29) is 35.9 Å². The lowest BCUT2D eigenvalue weighted by molar-refractivity contribution is -0.121. The van der Waals surface area contributed by atoms with Crippen LogP contribution in [-0.2, 0) is 17.8 Å². The normalized spacial score (nSPS) is 16.6. The lowest BCUT2D eigenvalue weighted by Crippen LogP contribution is -2.33. The number of likely N-dealkylation sites (N-methyl/N-ethyl adjacent to an activating group) is 1. The Balaban J connectivity index is 0.00000176. The van der Waals surface area contributed by atoms with Crippen molar-refractivity contribution >= 4 is 16.9 Å². The Morgan fingerprint density at radius 2 is 1.81 bits per heavy atom. The van der Waals surface area contributed by atoms with E-state index in [0.717, 1.165) is 67.1 Å². The number of carbonyl (C=O) groups excluding carboxylic acids is 1. The van der Waals surface area contributed by atoms with E-state index >= 15 is 0 Å². The number of carbonyl (C=O) groups is 1. The van der Waals surface area contributed by atoms with Gasteiger partial charge in [-0.3, -0.25) is 13.9 Å². The zero-order chi connectivity index (χ0) is 26.2. The van der Waals surface area contributed by atoms with Crippen molar-refractivity contribution in [2.24, 2.45) is 5.92 Å². The average Bonchev–Trinajstić information content (AvgIpc) is 3.18. The van der Waals surface area contributed by atoms with Crippen LogP contribution in [0.1, 0.15) is 89.3 Å². The van der Waals surface area contributed by atoms with Crippen LogP contribution in [0.3, 0.4) is 0 Å². The molecule has 0 bridgehead atoms. The SMILES string of the molecule is CC.CCCC(CCC(C)C1CCCc2cccc(F)c21)n1c(=O)n(CC(=O)NC)c2ccccc21. The summed E-state index contributed by atoms with van der Waals surface area (Å²) in [6.07, 6.45) is 6.68. The molecule has 5 nitrogen and oxygen atoms in total. The van der Waals surface area contributed by atoms with Gasteiger partial charge in [0.2, 0.25) is 5.91 Å². The molecule has 2 aromatic carbocycles. The maximum atomic E-state index is 14.7. The lowest BCUT2D eigenvalue weighted by Gasteiger charge is -2.31. The molecule has 196 valence electrons. The van der Waals surface area contributed by atoms with E-state index in [1.807, 2.05) is 48.7 Å². The van der Waals surface area contributed by atoms with Gasteiger partial charge in [-0.15, -0.1) is 0 Å². The molecule has 1 N–H and O–H groups in total. The molecular weight excluding hydrogens is 453 g/mol. The third-order valence-corrected chi connectivity index (χ3v) is 7.55. The number of aryl methyl sites for hydroxylation is 1. The van der Waals surface area contributed by atoms with Crippen molar-refractivity contribution in [2.45, 2.75) is 91.1 Å². The van der Waals surface area contributed by atoms with E-state index in [1.165, 1.54) is 0 Å². The number of halogens is 1. The number of hydrogen-bond acceptors (Lipinski definition) is 2. The molecule has 0 aliphatic heterocycles. The molecule has 0 saturated carbocycles. The molecule has 36 heavy (non-hydrogen) atoms. The van der Waals surface area contributed by atoms with Crippen molar-refractivity contribution in [3.05, 3.63) is 69.9 Å².